The molecule has 0 rings (SSSR count). The first kappa shape index (κ1) is 75.7. The average Bonchev–Trinajstić information content (AvgIpc) is 3.41. The van der Waals surface area contributed by atoms with E-state index in [-0.39, 0.29) is 31.5 Å². The number of nitrogens with one attached hydrogen (secondary N) is 1. The van der Waals surface area contributed by atoms with Gasteiger partial charge in [0.2, 0.25) is 5.91 Å². The SMILES string of the molecule is CC/C=C\C/C=C\C/C=C\C/C=C\C/C=C\C/C=C\CCCCC(=O)OC(/C=C/CCCCCCCCCCCCC)C(COP(=O)(O)OCC[N+](C)(C)C)NC(=O)CCCCCCCCCCC/C=C\C/C=C\CCCCC. The number of allylic oxidation sites excluding steroid dienone is 17. The Bertz CT molecular complexity index is 1720. The highest BCUT2D eigenvalue weighted by Crippen LogP contribution is 2.43. The van der Waals surface area contributed by atoms with Crippen LogP contribution in [0.25, 0.3) is 0 Å². The Morgan fingerprint density at radius 3 is 1.25 bits per heavy atom. The lowest BCUT2D eigenvalue weighted by Gasteiger charge is -2.27. The van der Waals surface area contributed by atoms with Crippen LogP contribution in [0.3, 0.4) is 0 Å². The molecule has 3 unspecified atom stereocenters. The fourth-order valence-electron chi connectivity index (χ4n) is 8.74. The fourth-order valence-corrected chi connectivity index (χ4v) is 9.47. The second-order valence-electron chi connectivity index (χ2n) is 22.5. The van der Waals surface area contributed by atoms with E-state index in [1.807, 2.05) is 33.3 Å². The van der Waals surface area contributed by atoms with E-state index < -0.39 is 20.0 Å². The van der Waals surface area contributed by atoms with Crippen molar-refractivity contribution in [1.29, 1.82) is 0 Å². The Balaban J connectivity index is 5.35. The Hall–Kier alpha value is -3.33. The van der Waals surface area contributed by atoms with Crippen molar-refractivity contribution >= 4 is 19.7 Å². The highest BCUT2D eigenvalue weighted by Gasteiger charge is 2.30. The topological polar surface area (TPSA) is 111 Å². The van der Waals surface area contributed by atoms with Crippen LogP contribution in [-0.2, 0) is 27.9 Å². The number of phosphoric acid groups is 1. The summed E-state index contributed by atoms with van der Waals surface area (Å²) in [6, 6.07) is -0.876. The number of rotatable bonds is 57. The Morgan fingerprint density at radius 2 is 0.810 bits per heavy atom. The van der Waals surface area contributed by atoms with Gasteiger partial charge in [0, 0.05) is 12.8 Å². The number of amides is 1. The van der Waals surface area contributed by atoms with Crippen LogP contribution in [-0.4, -0.2) is 74.3 Å². The van der Waals surface area contributed by atoms with Gasteiger partial charge in [-0.1, -0.05) is 246 Å². The van der Waals surface area contributed by atoms with E-state index in [1.165, 1.54) is 116 Å². The number of nitrogens with zero attached hydrogens (tertiary/aromatic N) is 1. The van der Waals surface area contributed by atoms with E-state index in [9.17, 15) is 19.0 Å². The highest BCUT2D eigenvalue weighted by molar-refractivity contribution is 7.47. The number of likely N-dealkylation sites (N-methyl/N-ethyl adjacent to an activating group) is 1. The number of quaternary nitrogens is 1. The van der Waals surface area contributed by atoms with Crippen molar-refractivity contribution in [3.05, 3.63) is 109 Å². The zero-order valence-electron chi connectivity index (χ0n) is 51.8. The fraction of sp³-hybridized carbons (Fsp3) is 0.710. The number of carbonyl (C=O) groups is 2. The van der Waals surface area contributed by atoms with Crippen LogP contribution < -0.4 is 5.32 Å². The standard InChI is InChI=1S/C69H121N2O7P/c1-7-10-13-16-19-22-25-28-30-32-34-35-37-39-41-44-47-50-53-56-59-62-69(73)78-67(60-57-54-51-48-45-42-27-24-21-18-15-12-9-3)66(65-77-79(74,75)76-64-63-71(4,5)6)70-68(72)61-58-55-52-49-46-43-40-38-36-33-31-29-26-23-20-17-14-11-8-2/h10,13,19-20,22-23,28-31,34-35,39,41,47,50,57,60,66-67H,7-9,11-12,14-18,21,24-27,32-33,36-38,40,42-46,48-49,51-56,58-59,61-65H2,1-6H3,(H-,70,72,74,75)/p+1/b13-10-,22-19-,23-20-,30-28-,31-29-,35-34-,41-39-,50-47-,60-57+. The van der Waals surface area contributed by atoms with Crippen LogP contribution in [0.5, 0.6) is 0 Å². The Labute approximate surface area is 487 Å². The molecule has 10 heteroatoms. The van der Waals surface area contributed by atoms with E-state index in [1.54, 1.807) is 0 Å². The summed E-state index contributed by atoms with van der Waals surface area (Å²) in [6.45, 7) is 6.84. The van der Waals surface area contributed by atoms with Gasteiger partial charge >= 0.3 is 13.8 Å². The van der Waals surface area contributed by atoms with Crippen LogP contribution in [0.4, 0.5) is 0 Å². The van der Waals surface area contributed by atoms with Crippen LogP contribution >= 0.6 is 7.82 Å². The molecule has 0 bridgehead atoms. The summed E-state index contributed by atoms with van der Waals surface area (Å²) in [5.74, 6) is -0.563. The number of esters is 1. The number of hydrogen-bond acceptors (Lipinski definition) is 6. The van der Waals surface area contributed by atoms with Crippen molar-refractivity contribution in [2.75, 3.05) is 40.9 Å². The third kappa shape index (κ3) is 59.1. The van der Waals surface area contributed by atoms with Gasteiger partial charge in [-0.25, -0.2) is 4.57 Å². The highest BCUT2D eigenvalue weighted by atomic mass is 31.2. The summed E-state index contributed by atoms with van der Waals surface area (Å²) in [6.07, 6.45) is 79.4. The largest absolute Gasteiger partial charge is 0.472 e. The van der Waals surface area contributed by atoms with Crippen LogP contribution in [0.2, 0.25) is 0 Å². The zero-order chi connectivity index (χ0) is 57.9. The van der Waals surface area contributed by atoms with Gasteiger partial charge in [-0.3, -0.25) is 18.6 Å². The number of ether oxygens (including phenoxy) is 1. The monoisotopic (exact) mass is 1120 g/mol. The first-order valence-electron chi connectivity index (χ1n) is 32.2. The van der Waals surface area contributed by atoms with E-state index in [0.717, 1.165) is 109 Å². The molecule has 0 spiro atoms. The predicted octanol–water partition coefficient (Wildman–Crippen LogP) is 20.1. The van der Waals surface area contributed by atoms with Gasteiger partial charge in [-0.2, -0.15) is 0 Å². The number of unbranched alkanes of at least 4 members (excludes halogenated alkanes) is 25. The van der Waals surface area contributed by atoms with Crippen molar-refractivity contribution in [3.8, 4) is 0 Å². The van der Waals surface area contributed by atoms with Crippen molar-refractivity contribution in [2.45, 2.75) is 277 Å². The molecule has 0 aromatic heterocycles. The van der Waals surface area contributed by atoms with Gasteiger partial charge in [0.1, 0.15) is 19.3 Å². The molecule has 79 heavy (non-hydrogen) atoms. The molecule has 1 amide bonds. The molecule has 0 radical (unpaired) electrons. The maximum absolute atomic E-state index is 13.6. The molecule has 0 saturated carbocycles. The normalized spacial score (nSPS) is 14.4. The molecule has 0 aromatic carbocycles. The minimum absolute atomic E-state index is 0.0271. The molecule has 0 heterocycles. The van der Waals surface area contributed by atoms with Gasteiger partial charge in [0.25, 0.3) is 0 Å². The van der Waals surface area contributed by atoms with Gasteiger partial charge < -0.3 is 19.4 Å². The molecule has 0 aliphatic heterocycles. The van der Waals surface area contributed by atoms with Crippen molar-refractivity contribution in [1.82, 2.24) is 5.32 Å². The van der Waals surface area contributed by atoms with Gasteiger partial charge in [0.15, 0.2) is 0 Å². The van der Waals surface area contributed by atoms with Gasteiger partial charge in [-0.05, 0) is 115 Å². The first-order valence-corrected chi connectivity index (χ1v) is 33.7. The maximum Gasteiger partial charge on any atom is 0.472 e. The zero-order valence-corrected chi connectivity index (χ0v) is 52.7. The first-order chi connectivity index (χ1) is 38.4. The minimum atomic E-state index is -4.47. The second kappa shape index (κ2) is 57.9. The second-order valence-corrected chi connectivity index (χ2v) is 24.0. The Morgan fingerprint density at radius 1 is 0.456 bits per heavy atom. The molecule has 0 fully saturated rings. The molecule has 9 nitrogen and oxygen atoms in total. The summed E-state index contributed by atoms with van der Waals surface area (Å²) in [5.41, 5.74) is 0. The summed E-state index contributed by atoms with van der Waals surface area (Å²) < 4.78 is 30.7. The van der Waals surface area contributed by atoms with E-state index in [4.69, 9.17) is 13.8 Å². The summed E-state index contributed by atoms with van der Waals surface area (Å²) >= 11 is 0. The van der Waals surface area contributed by atoms with Crippen molar-refractivity contribution in [3.63, 3.8) is 0 Å². The minimum Gasteiger partial charge on any atom is -0.456 e. The number of phosphoric ester groups is 1. The number of carbonyl (C=O) groups excluding carboxylic acids is 2. The third-order valence-corrected chi connectivity index (χ3v) is 14.7. The lowest BCUT2D eigenvalue weighted by atomic mass is 10.0. The maximum atomic E-state index is 13.6. The molecule has 3 atom stereocenters. The lowest BCUT2D eigenvalue weighted by Crippen LogP contribution is -2.47. The molecule has 0 aromatic rings. The molecule has 2 N–H and O–H groups in total. The van der Waals surface area contributed by atoms with E-state index >= 15 is 0 Å². The Kier molecular flexibility index (Phi) is 55.4. The summed E-state index contributed by atoms with van der Waals surface area (Å²) in [5, 5.41) is 3.05. The quantitative estimate of drug-likeness (QED) is 0.0205. The number of hydrogen-bond donors (Lipinski definition) is 2. The molecule has 0 aliphatic carbocycles. The van der Waals surface area contributed by atoms with E-state index in [0.29, 0.717) is 23.9 Å². The molecular formula is C69H122N2O7P+. The van der Waals surface area contributed by atoms with Gasteiger partial charge in [-0.15, -0.1) is 0 Å². The third-order valence-electron chi connectivity index (χ3n) is 13.7. The van der Waals surface area contributed by atoms with Crippen LogP contribution in [0, 0.1) is 0 Å². The summed E-state index contributed by atoms with van der Waals surface area (Å²) in [4.78, 5) is 37.8. The van der Waals surface area contributed by atoms with Crippen LogP contribution in [0.1, 0.15) is 265 Å². The van der Waals surface area contributed by atoms with Crippen molar-refractivity contribution in [2.24, 2.45) is 0 Å². The van der Waals surface area contributed by atoms with Crippen molar-refractivity contribution < 1.29 is 37.3 Å². The summed E-state index contributed by atoms with van der Waals surface area (Å²) in [7, 11) is 1.46. The molecular weight excluding hydrogens is 1000 g/mol. The predicted molar refractivity (Wildman–Crippen MR) is 341 cm³/mol. The lowest BCUT2D eigenvalue weighted by molar-refractivity contribution is -0.870. The molecule has 0 saturated heterocycles. The average molecular weight is 1120 g/mol. The molecule has 0 aliphatic rings. The van der Waals surface area contributed by atoms with Crippen LogP contribution in [0.15, 0.2) is 109 Å². The van der Waals surface area contributed by atoms with Gasteiger partial charge in [0.05, 0.1) is 33.8 Å². The molecule has 454 valence electrons. The smallest absolute Gasteiger partial charge is 0.456 e. The van der Waals surface area contributed by atoms with E-state index in [2.05, 4.69) is 123 Å².